The van der Waals surface area contributed by atoms with Crippen molar-refractivity contribution in [1.82, 2.24) is 9.97 Å². The maximum Gasteiger partial charge on any atom is 0.294 e. The third-order valence-electron chi connectivity index (χ3n) is 5.19. The number of nitrogens with one attached hydrogen (secondary N) is 2. The van der Waals surface area contributed by atoms with Gasteiger partial charge in [-0.25, -0.2) is 4.98 Å². The lowest BCUT2D eigenvalue weighted by Gasteiger charge is -2.10. The summed E-state index contributed by atoms with van der Waals surface area (Å²) in [6.45, 7) is 0. The fraction of sp³-hybridized carbons (Fsp3) is 0.136. The quantitative estimate of drug-likeness (QED) is 0.458. The molecule has 0 radical (unpaired) electrons. The number of hydrogen-bond acceptors (Lipinski definition) is 7. The van der Waals surface area contributed by atoms with Crippen LogP contribution in [0.1, 0.15) is 34.1 Å². The number of fused-ring (bicyclic) bond motifs is 2. The predicted octanol–water partition coefficient (Wildman–Crippen LogP) is 4.97. The van der Waals surface area contributed by atoms with Gasteiger partial charge in [-0.2, -0.15) is 4.91 Å². The highest BCUT2D eigenvalue weighted by Gasteiger charge is 2.25. The highest BCUT2D eigenvalue weighted by molar-refractivity contribution is 6.11. The Hall–Kier alpha value is -4.07. The Bertz CT molecular complexity index is 1250. The summed E-state index contributed by atoms with van der Waals surface area (Å²) in [6.07, 6.45) is 6.33. The standard InChI is InChI=1S/C22H17N5O3/c28-22(26-19-3-1-2-9-24-19)21-20(16-8-10-23-12-18(16)30-21)25-14-5-6-15-13(11-14)4-7-17(15)27-29/h1-3,5-6,8-12,17,25H,4,7H2,(H,24,26,28). The second kappa shape index (κ2) is 7.40. The summed E-state index contributed by atoms with van der Waals surface area (Å²) >= 11 is 0. The zero-order chi connectivity index (χ0) is 20.5. The van der Waals surface area contributed by atoms with Crippen molar-refractivity contribution in [1.29, 1.82) is 0 Å². The van der Waals surface area contributed by atoms with Gasteiger partial charge in [0.2, 0.25) is 5.76 Å². The molecular formula is C22H17N5O3. The Labute approximate surface area is 171 Å². The van der Waals surface area contributed by atoms with Gasteiger partial charge in [0.25, 0.3) is 5.91 Å². The summed E-state index contributed by atoms with van der Waals surface area (Å²) in [6, 6.07) is 12.5. The van der Waals surface area contributed by atoms with Gasteiger partial charge in [0.15, 0.2) is 5.58 Å². The minimum absolute atomic E-state index is 0.136. The van der Waals surface area contributed by atoms with Gasteiger partial charge in [-0.1, -0.05) is 17.3 Å². The van der Waals surface area contributed by atoms with Crippen LogP contribution in [0.2, 0.25) is 0 Å². The Balaban J connectivity index is 1.51. The number of nitrogens with zero attached hydrogens (tertiary/aromatic N) is 3. The third kappa shape index (κ3) is 3.18. The van der Waals surface area contributed by atoms with Crippen LogP contribution >= 0.6 is 0 Å². The number of furan rings is 1. The fourth-order valence-electron chi connectivity index (χ4n) is 3.77. The molecule has 3 aromatic heterocycles. The topological polar surface area (TPSA) is 109 Å². The van der Waals surface area contributed by atoms with Gasteiger partial charge in [-0.3, -0.25) is 9.78 Å². The van der Waals surface area contributed by atoms with Crippen molar-refractivity contribution in [2.24, 2.45) is 5.18 Å². The molecule has 1 amide bonds. The smallest absolute Gasteiger partial charge is 0.294 e. The van der Waals surface area contributed by atoms with Crippen LogP contribution in [-0.4, -0.2) is 15.9 Å². The van der Waals surface area contributed by atoms with Gasteiger partial charge in [-0.05, 0) is 54.3 Å². The average molecular weight is 399 g/mol. The third-order valence-corrected chi connectivity index (χ3v) is 5.19. The molecule has 1 atom stereocenters. The first kappa shape index (κ1) is 18.0. The van der Waals surface area contributed by atoms with Crippen LogP contribution in [0.5, 0.6) is 0 Å². The number of aromatic nitrogens is 2. The van der Waals surface area contributed by atoms with Crippen molar-refractivity contribution in [2.75, 3.05) is 10.6 Å². The van der Waals surface area contributed by atoms with Gasteiger partial charge in [0.05, 0.1) is 11.9 Å². The molecule has 0 spiro atoms. The number of carbonyl (C=O) groups excluding carboxylic acids is 1. The molecule has 1 aromatic carbocycles. The van der Waals surface area contributed by atoms with Crippen molar-refractivity contribution in [3.8, 4) is 0 Å². The molecular weight excluding hydrogens is 382 g/mol. The normalized spacial score (nSPS) is 15.0. The number of aryl methyl sites for hydroxylation is 1. The van der Waals surface area contributed by atoms with E-state index in [-0.39, 0.29) is 11.8 Å². The van der Waals surface area contributed by atoms with E-state index in [9.17, 15) is 9.70 Å². The molecule has 148 valence electrons. The van der Waals surface area contributed by atoms with Crippen molar-refractivity contribution in [3.05, 3.63) is 82.8 Å². The summed E-state index contributed by atoms with van der Waals surface area (Å²) in [5.74, 6) is 0.146. The molecule has 5 rings (SSSR count). The number of nitroso groups, excluding NO2 is 1. The Kier molecular flexibility index (Phi) is 4.44. The molecule has 0 bridgehead atoms. The van der Waals surface area contributed by atoms with E-state index in [0.717, 1.165) is 35.0 Å². The zero-order valence-electron chi connectivity index (χ0n) is 15.8. The lowest BCUT2D eigenvalue weighted by Crippen LogP contribution is -2.13. The number of pyridine rings is 2. The zero-order valence-corrected chi connectivity index (χ0v) is 15.8. The van der Waals surface area contributed by atoms with Crippen LogP contribution in [0.4, 0.5) is 17.2 Å². The first-order valence-electron chi connectivity index (χ1n) is 9.54. The van der Waals surface area contributed by atoms with Crippen molar-refractivity contribution in [3.63, 3.8) is 0 Å². The van der Waals surface area contributed by atoms with E-state index in [2.05, 4.69) is 25.8 Å². The van der Waals surface area contributed by atoms with E-state index in [1.165, 1.54) is 0 Å². The lowest BCUT2D eigenvalue weighted by molar-refractivity contribution is 0.0999. The van der Waals surface area contributed by atoms with E-state index < -0.39 is 5.91 Å². The maximum absolute atomic E-state index is 12.9. The minimum Gasteiger partial charge on any atom is -0.447 e. The van der Waals surface area contributed by atoms with Crippen LogP contribution in [0.25, 0.3) is 11.0 Å². The molecule has 30 heavy (non-hydrogen) atoms. The summed E-state index contributed by atoms with van der Waals surface area (Å²) < 4.78 is 5.81. The van der Waals surface area contributed by atoms with Gasteiger partial charge < -0.3 is 15.1 Å². The number of hydrogen-bond donors (Lipinski definition) is 2. The molecule has 0 saturated carbocycles. The first-order chi connectivity index (χ1) is 14.7. The number of carbonyl (C=O) groups is 1. The molecule has 8 heteroatoms. The molecule has 0 aliphatic heterocycles. The maximum atomic E-state index is 12.9. The Morgan fingerprint density at radius 1 is 1.17 bits per heavy atom. The van der Waals surface area contributed by atoms with E-state index in [4.69, 9.17) is 4.42 Å². The largest absolute Gasteiger partial charge is 0.447 e. The molecule has 1 aliphatic rings. The molecule has 3 heterocycles. The van der Waals surface area contributed by atoms with Gasteiger partial charge in [0, 0.05) is 23.5 Å². The molecule has 8 nitrogen and oxygen atoms in total. The highest BCUT2D eigenvalue weighted by atomic mass is 16.3. The number of rotatable bonds is 5. The molecule has 0 fully saturated rings. The summed E-state index contributed by atoms with van der Waals surface area (Å²) in [5.41, 5.74) is 3.89. The summed E-state index contributed by atoms with van der Waals surface area (Å²) in [7, 11) is 0. The van der Waals surface area contributed by atoms with E-state index in [1.807, 2.05) is 18.2 Å². The molecule has 1 aliphatic carbocycles. The Morgan fingerprint density at radius 2 is 2.10 bits per heavy atom. The van der Waals surface area contributed by atoms with E-state index >= 15 is 0 Å². The Morgan fingerprint density at radius 3 is 2.93 bits per heavy atom. The van der Waals surface area contributed by atoms with Crippen molar-refractivity contribution in [2.45, 2.75) is 18.9 Å². The predicted molar refractivity (Wildman–Crippen MR) is 113 cm³/mol. The number of amides is 1. The van der Waals surface area contributed by atoms with Gasteiger partial charge >= 0.3 is 0 Å². The van der Waals surface area contributed by atoms with Gasteiger partial charge in [0.1, 0.15) is 11.9 Å². The second-order valence-electron chi connectivity index (χ2n) is 7.05. The summed E-state index contributed by atoms with van der Waals surface area (Å²) in [4.78, 5) is 32.1. The minimum atomic E-state index is -0.418. The first-order valence-corrected chi connectivity index (χ1v) is 9.54. The molecule has 1 unspecified atom stereocenters. The van der Waals surface area contributed by atoms with E-state index in [1.54, 1.807) is 42.9 Å². The summed E-state index contributed by atoms with van der Waals surface area (Å²) in [5, 5.41) is 10.0. The SMILES string of the molecule is O=NC1CCc2cc(Nc3c(C(=O)Nc4ccccn4)oc4cnccc34)ccc21. The van der Waals surface area contributed by atoms with Crippen LogP contribution in [0.3, 0.4) is 0 Å². The van der Waals surface area contributed by atoms with Crippen LogP contribution < -0.4 is 10.6 Å². The lowest BCUT2D eigenvalue weighted by atomic mass is 10.1. The van der Waals surface area contributed by atoms with Gasteiger partial charge in [-0.15, -0.1) is 0 Å². The number of benzene rings is 1. The molecule has 2 N–H and O–H groups in total. The van der Waals surface area contributed by atoms with Crippen LogP contribution in [0, 0.1) is 4.91 Å². The van der Waals surface area contributed by atoms with Crippen LogP contribution in [0.15, 0.2) is 70.6 Å². The fourth-order valence-corrected chi connectivity index (χ4v) is 3.77. The molecule has 0 saturated heterocycles. The highest BCUT2D eigenvalue weighted by Crippen LogP contribution is 2.38. The monoisotopic (exact) mass is 399 g/mol. The number of anilines is 3. The van der Waals surface area contributed by atoms with E-state index in [0.29, 0.717) is 17.1 Å². The average Bonchev–Trinajstić information content (AvgIpc) is 3.36. The van der Waals surface area contributed by atoms with Crippen LogP contribution in [-0.2, 0) is 6.42 Å². The molecule has 4 aromatic rings. The van der Waals surface area contributed by atoms with Crippen molar-refractivity contribution < 1.29 is 9.21 Å². The van der Waals surface area contributed by atoms with Crippen molar-refractivity contribution >= 4 is 34.1 Å². The second-order valence-corrected chi connectivity index (χ2v) is 7.05.